The summed E-state index contributed by atoms with van der Waals surface area (Å²) in [6, 6.07) is 7.11. The first-order chi connectivity index (χ1) is 12.3. The number of benzene rings is 1. The van der Waals surface area contributed by atoms with E-state index >= 15 is 0 Å². The molecule has 25 heavy (non-hydrogen) atoms. The van der Waals surface area contributed by atoms with Gasteiger partial charge in [0.2, 0.25) is 5.65 Å². The first kappa shape index (κ1) is 15.1. The molecular formula is C18H18FN5S. The number of halogens is 1. The lowest BCUT2D eigenvalue weighted by Gasteiger charge is -2.08. The molecule has 1 aromatic carbocycles. The topological polar surface area (TPSA) is 55.1 Å². The summed E-state index contributed by atoms with van der Waals surface area (Å²) in [5.74, 6) is 3.10. The lowest BCUT2D eigenvalue weighted by molar-refractivity contribution is 0.625. The standard InChI is InChI=1S/C18H18FN5S/c19-12-4-1-3-11(9-12)13-10-14(13)21-16-18-23-22-17(15-5-2-8-25-15)24(18)7-6-20-16/h1,3-4,6-7,9,13-15H,2,5,8,10H2,(H,20,21)/t13?,14?,15-/m0/s1. The number of anilines is 1. The Morgan fingerprint density at radius 3 is 3.08 bits per heavy atom. The predicted octanol–water partition coefficient (Wildman–Crippen LogP) is 3.80. The lowest BCUT2D eigenvalue weighted by Crippen LogP contribution is -2.08. The third kappa shape index (κ3) is 2.76. The van der Waals surface area contributed by atoms with Crippen LogP contribution >= 0.6 is 11.8 Å². The van der Waals surface area contributed by atoms with Crippen LogP contribution in [0.4, 0.5) is 10.2 Å². The van der Waals surface area contributed by atoms with Gasteiger partial charge in [-0.15, -0.1) is 10.2 Å². The van der Waals surface area contributed by atoms with Crippen molar-refractivity contribution in [3.05, 3.63) is 53.9 Å². The molecule has 1 saturated heterocycles. The maximum Gasteiger partial charge on any atom is 0.203 e. The van der Waals surface area contributed by atoms with Crippen LogP contribution in [0.25, 0.3) is 5.65 Å². The average molecular weight is 355 g/mol. The van der Waals surface area contributed by atoms with Crippen molar-refractivity contribution >= 4 is 23.2 Å². The number of nitrogens with one attached hydrogen (secondary N) is 1. The molecule has 3 aromatic rings. The normalized spacial score (nSPS) is 25.4. The van der Waals surface area contributed by atoms with E-state index in [0.29, 0.717) is 11.2 Å². The lowest BCUT2D eigenvalue weighted by atomic mass is 10.1. The van der Waals surface area contributed by atoms with Crippen LogP contribution in [0.1, 0.15) is 41.8 Å². The Bertz CT molecular complexity index is 921. The summed E-state index contributed by atoms with van der Waals surface area (Å²) in [7, 11) is 0. The van der Waals surface area contributed by atoms with Crippen LogP contribution in [0.15, 0.2) is 36.7 Å². The Morgan fingerprint density at radius 1 is 1.28 bits per heavy atom. The SMILES string of the molecule is Fc1cccc(C2CC2Nc2nccn3c([C@@H]4CCCS4)nnc23)c1. The molecule has 3 heterocycles. The molecule has 1 aliphatic carbocycles. The molecule has 1 N–H and O–H groups in total. The van der Waals surface area contributed by atoms with E-state index in [1.165, 1.54) is 18.2 Å². The van der Waals surface area contributed by atoms with E-state index in [0.717, 1.165) is 35.7 Å². The molecule has 1 aliphatic heterocycles. The molecular weight excluding hydrogens is 337 g/mol. The van der Waals surface area contributed by atoms with Crippen molar-refractivity contribution in [2.45, 2.75) is 36.5 Å². The van der Waals surface area contributed by atoms with Crippen molar-refractivity contribution in [1.29, 1.82) is 0 Å². The molecule has 0 spiro atoms. The molecule has 2 aromatic heterocycles. The van der Waals surface area contributed by atoms with Crippen molar-refractivity contribution < 1.29 is 4.39 Å². The largest absolute Gasteiger partial charge is 0.364 e. The molecule has 0 amide bonds. The Kier molecular flexibility index (Phi) is 3.62. The Balaban J connectivity index is 1.39. The van der Waals surface area contributed by atoms with E-state index in [9.17, 15) is 4.39 Å². The van der Waals surface area contributed by atoms with Crippen LogP contribution in [0, 0.1) is 5.82 Å². The highest BCUT2D eigenvalue weighted by Crippen LogP contribution is 2.43. The minimum atomic E-state index is -0.181. The highest BCUT2D eigenvalue weighted by Gasteiger charge is 2.39. The second-order valence-corrected chi connectivity index (χ2v) is 7.99. The van der Waals surface area contributed by atoms with Gasteiger partial charge in [-0.05, 0) is 42.7 Å². The minimum Gasteiger partial charge on any atom is -0.364 e. The molecule has 5 rings (SSSR count). The zero-order valence-corrected chi connectivity index (χ0v) is 14.4. The molecule has 7 heteroatoms. The van der Waals surface area contributed by atoms with Crippen LogP contribution in [0.3, 0.4) is 0 Å². The molecule has 1 saturated carbocycles. The van der Waals surface area contributed by atoms with Gasteiger partial charge in [0.15, 0.2) is 11.6 Å². The third-order valence-corrected chi connectivity index (χ3v) is 6.33. The highest BCUT2D eigenvalue weighted by atomic mass is 32.2. The molecule has 5 nitrogen and oxygen atoms in total. The zero-order chi connectivity index (χ0) is 16.8. The molecule has 3 atom stereocenters. The maximum absolute atomic E-state index is 13.4. The summed E-state index contributed by atoms with van der Waals surface area (Å²) in [5.41, 5.74) is 1.81. The van der Waals surface area contributed by atoms with E-state index in [2.05, 4.69) is 24.9 Å². The molecule has 2 unspecified atom stereocenters. The van der Waals surface area contributed by atoms with Gasteiger partial charge in [-0.1, -0.05) is 12.1 Å². The fourth-order valence-electron chi connectivity index (χ4n) is 3.58. The van der Waals surface area contributed by atoms with Gasteiger partial charge in [0, 0.05) is 24.4 Å². The number of hydrogen-bond donors (Lipinski definition) is 1. The van der Waals surface area contributed by atoms with Crippen LogP contribution in [-0.2, 0) is 0 Å². The van der Waals surface area contributed by atoms with Gasteiger partial charge in [0.25, 0.3) is 0 Å². The number of rotatable bonds is 4. The molecule has 2 aliphatic rings. The van der Waals surface area contributed by atoms with E-state index in [1.807, 2.05) is 24.0 Å². The molecule has 2 fully saturated rings. The van der Waals surface area contributed by atoms with Gasteiger partial charge in [-0.3, -0.25) is 4.40 Å². The van der Waals surface area contributed by atoms with Crippen molar-refractivity contribution in [3.63, 3.8) is 0 Å². The van der Waals surface area contributed by atoms with E-state index < -0.39 is 0 Å². The molecule has 0 radical (unpaired) electrons. The van der Waals surface area contributed by atoms with Crippen molar-refractivity contribution in [1.82, 2.24) is 19.6 Å². The smallest absolute Gasteiger partial charge is 0.203 e. The van der Waals surface area contributed by atoms with Gasteiger partial charge in [-0.25, -0.2) is 9.37 Å². The van der Waals surface area contributed by atoms with Crippen LogP contribution in [0.5, 0.6) is 0 Å². The summed E-state index contributed by atoms with van der Waals surface area (Å²) in [5, 5.41) is 12.7. The quantitative estimate of drug-likeness (QED) is 0.771. The maximum atomic E-state index is 13.4. The van der Waals surface area contributed by atoms with Crippen LogP contribution in [-0.4, -0.2) is 31.4 Å². The summed E-state index contributed by atoms with van der Waals surface area (Å²) in [4.78, 5) is 4.46. The summed E-state index contributed by atoms with van der Waals surface area (Å²) in [6.45, 7) is 0. The Hall–Kier alpha value is -2.15. The van der Waals surface area contributed by atoms with E-state index in [-0.39, 0.29) is 11.9 Å². The average Bonchev–Trinajstić information content (AvgIpc) is 3.00. The van der Waals surface area contributed by atoms with Gasteiger partial charge in [-0.2, -0.15) is 11.8 Å². The zero-order valence-electron chi connectivity index (χ0n) is 13.6. The summed E-state index contributed by atoms with van der Waals surface area (Å²) in [6.07, 6.45) is 7.09. The summed E-state index contributed by atoms with van der Waals surface area (Å²) >= 11 is 1.95. The second-order valence-electron chi connectivity index (χ2n) is 6.68. The van der Waals surface area contributed by atoms with Crippen molar-refractivity contribution in [2.75, 3.05) is 11.1 Å². The van der Waals surface area contributed by atoms with Crippen LogP contribution in [0.2, 0.25) is 0 Å². The minimum absolute atomic E-state index is 0.181. The number of thioether (sulfide) groups is 1. The van der Waals surface area contributed by atoms with Gasteiger partial charge in [0.1, 0.15) is 5.82 Å². The van der Waals surface area contributed by atoms with Crippen LogP contribution < -0.4 is 5.32 Å². The third-order valence-electron chi connectivity index (χ3n) is 4.96. The number of aromatic nitrogens is 4. The fourth-order valence-corrected chi connectivity index (χ4v) is 4.84. The van der Waals surface area contributed by atoms with Crippen molar-refractivity contribution in [2.24, 2.45) is 0 Å². The number of hydrogen-bond acceptors (Lipinski definition) is 5. The van der Waals surface area contributed by atoms with E-state index in [1.54, 1.807) is 18.3 Å². The van der Waals surface area contributed by atoms with Crippen molar-refractivity contribution in [3.8, 4) is 0 Å². The van der Waals surface area contributed by atoms with E-state index in [4.69, 9.17) is 0 Å². The second kappa shape index (κ2) is 5.98. The molecule has 0 bridgehead atoms. The monoisotopic (exact) mass is 355 g/mol. The van der Waals surface area contributed by atoms with Gasteiger partial charge < -0.3 is 5.32 Å². The fraction of sp³-hybridized carbons (Fsp3) is 0.389. The first-order valence-corrected chi connectivity index (χ1v) is 9.68. The van der Waals surface area contributed by atoms with Gasteiger partial charge >= 0.3 is 0 Å². The van der Waals surface area contributed by atoms with Gasteiger partial charge in [0.05, 0.1) is 5.25 Å². The first-order valence-electron chi connectivity index (χ1n) is 8.63. The Labute approximate surface area is 149 Å². The predicted molar refractivity (Wildman–Crippen MR) is 96.4 cm³/mol. The highest BCUT2D eigenvalue weighted by molar-refractivity contribution is 7.99. The Morgan fingerprint density at radius 2 is 2.24 bits per heavy atom. The summed E-state index contributed by atoms with van der Waals surface area (Å²) < 4.78 is 15.5. The number of fused-ring (bicyclic) bond motifs is 1. The molecule has 128 valence electrons. The number of nitrogens with zero attached hydrogens (tertiary/aromatic N) is 4.